The van der Waals surface area contributed by atoms with E-state index in [9.17, 15) is 4.79 Å². The maximum Gasteiger partial charge on any atom is 0.226 e. The quantitative estimate of drug-likeness (QED) is 0.846. The highest BCUT2D eigenvalue weighted by Gasteiger charge is 2.12. The second kappa shape index (κ2) is 6.75. The number of nitrogen functional groups attached to an aromatic ring is 1. The summed E-state index contributed by atoms with van der Waals surface area (Å²) >= 11 is 0. The van der Waals surface area contributed by atoms with E-state index in [-0.39, 0.29) is 5.91 Å². The van der Waals surface area contributed by atoms with Gasteiger partial charge in [0.15, 0.2) is 0 Å². The normalized spacial score (nSPS) is 10.2. The van der Waals surface area contributed by atoms with Gasteiger partial charge in [0.25, 0.3) is 0 Å². The molecule has 0 heterocycles. The van der Waals surface area contributed by atoms with Crippen molar-refractivity contribution >= 4 is 17.3 Å². The van der Waals surface area contributed by atoms with E-state index in [0.717, 1.165) is 18.5 Å². The molecule has 3 heteroatoms. The minimum absolute atomic E-state index is 0.0961. The Labute approximate surface area is 120 Å². The predicted molar refractivity (Wildman–Crippen MR) is 83.6 cm³/mol. The predicted octanol–water partition coefficient (Wildman–Crippen LogP) is 3.25. The van der Waals surface area contributed by atoms with Crippen LogP contribution in [0.25, 0.3) is 0 Å². The third kappa shape index (κ3) is 3.60. The lowest BCUT2D eigenvalue weighted by atomic mass is 10.1. The van der Waals surface area contributed by atoms with Gasteiger partial charge in [-0.3, -0.25) is 4.79 Å². The van der Waals surface area contributed by atoms with Crippen LogP contribution in [-0.2, 0) is 11.2 Å². The van der Waals surface area contributed by atoms with Gasteiger partial charge in [-0.05, 0) is 30.5 Å². The minimum Gasteiger partial charge on any atom is -0.397 e. The summed E-state index contributed by atoms with van der Waals surface area (Å²) in [5.74, 6) is 0.0961. The van der Waals surface area contributed by atoms with Gasteiger partial charge >= 0.3 is 0 Å². The molecule has 0 bridgehead atoms. The SMILES string of the molecule is CN(C(=O)CCCc1ccccc1)c1ccccc1N. The molecule has 2 N–H and O–H groups in total. The Morgan fingerprint density at radius 3 is 2.40 bits per heavy atom. The molecular weight excluding hydrogens is 248 g/mol. The van der Waals surface area contributed by atoms with Crippen LogP contribution < -0.4 is 10.6 Å². The van der Waals surface area contributed by atoms with E-state index in [1.807, 2.05) is 42.5 Å². The molecule has 2 rings (SSSR count). The molecule has 1 amide bonds. The number of rotatable bonds is 5. The van der Waals surface area contributed by atoms with Gasteiger partial charge in [-0.15, -0.1) is 0 Å². The molecule has 2 aromatic carbocycles. The molecule has 0 aliphatic heterocycles. The summed E-state index contributed by atoms with van der Waals surface area (Å²) in [5, 5.41) is 0. The number of nitrogens with two attached hydrogens (primary N) is 1. The zero-order valence-electron chi connectivity index (χ0n) is 11.8. The molecule has 3 nitrogen and oxygen atoms in total. The van der Waals surface area contributed by atoms with Crippen LogP contribution in [0.5, 0.6) is 0 Å². The van der Waals surface area contributed by atoms with Crippen molar-refractivity contribution in [3.8, 4) is 0 Å². The molecule has 0 aliphatic rings. The third-order valence-electron chi connectivity index (χ3n) is 3.37. The number of anilines is 2. The number of amides is 1. The van der Waals surface area contributed by atoms with E-state index in [1.54, 1.807) is 11.9 Å². The van der Waals surface area contributed by atoms with Crippen LogP contribution in [0.4, 0.5) is 11.4 Å². The van der Waals surface area contributed by atoms with Crippen molar-refractivity contribution in [3.63, 3.8) is 0 Å². The molecule has 0 aliphatic carbocycles. The highest BCUT2D eigenvalue weighted by Crippen LogP contribution is 2.22. The van der Waals surface area contributed by atoms with Crippen molar-refractivity contribution in [2.45, 2.75) is 19.3 Å². The van der Waals surface area contributed by atoms with Gasteiger partial charge in [-0.2, -0.15) is 0 Å². The van der Waals surface area contributed by atoms with E-state index < -0.39 is 0 Å². The van der Waals surface area contributed by atoms with Gasteiger partial charge in [-0.1, -0.05) is 42.5 Å². The van der Waals surface area contributed by atoms with Crippen LogP contribution in [0.2, 0.25) is 0 Å². The fraction of sp³-hybridized carbons (Fsp3) is 0.235. The van der Waals surface area contributed by atoms with Crippen molar-refractivity contribution < 1.29 is 4.79 Å². The Hall–Kier alpha value is -2.29. The van der Waals surface area contributed by atoms with Crippen LogP contribution in [0, 0.1) is 0 Å². The molecule has 104 valence electrons. The van der Waals surface area contributed by atoms with E-state index in [2.05, 4.69) is 12.1 Å². The Morgan fingerprint density at radius 1 is 1.05 bits per heavy atom. The standard InChI is InChI=1S/C17H20N2O/c1-19(16-12-6-5-11-15(16)18)17(20)13-7-10-14-8-3-2-4-9-14/h2-6,8-9,11-12H,7,10,13,18H2,1H3. The zero-order chi connectivity index (χ0) is 14.4. The molecule has 0 radical (unpaired) electrons. The van der Waals surface area contributed by atoms with E-state index in [4.69, 9.17) is 5.73 Å². The third-order valence-corrected chi connectivity index (χ3v) is 3.37. The summed E-state index contributed by atoms with van der Waals surface area (Å²) in [7, 11) is 1.77. The first-order valence-corrected chi connectivity index (χ1v) is 6.83. The average molecular weight is 268 g/mol. The number of para-hydroxylation sites is 2. The number of benzene rings is 2. The fourth-order valence-electron chi connectivity index (χ4n) is 2.18. The summed E-state index contributed by atoms with van der Waals surface area (Å²) < 4.78 is 0. The molecule has 20 heavy (non-hydrogen) atoms. The number of nitrogens with zero attached hydrogens (tertiary/aromatic N) is 1. The van der Waals surface area contributed by atoms with Crippen molar-refractivity contribution in [1.82, 2.24) is 0 Å². The van der Waals surface area contributed by atoms with Crippen LogP contribution in [0.3, 0.4) is 0 Å². The number of hydrogen-bond acceptors (Lipinski definition) is 2. The Bertz CT molecular complexity index is 566. The summed E-state index contributed by atoms with van der Waals surface area (Å²) in [4.78, 5) is 13.8. The van der Waals surface area contributed by atoms with Crippen LogP contribution >= 0.6 is 0 Å². The molecule has 0 unspecified atom stereocenters. The van der Waals surface area contributed by atoms with Crippen molar-refractivity contribution in [2.24, 2.45) is 0 Å². The summed E-state index contributed by atoms with van der Waals surface area (Å²) in [5.41, 5.74) is 8.56. The van der Waals surface area contributed by atoms with Crippen LogP contribution in [0.15, 0.2) is 54.6 Å². The maximum atomic E-state index is 12.2. The van der Waals surface area contributed by atoms with Crippen LogP contribution in [-0.4, -0.2) is 13.0 Å². The highest BCUT2D eigenvalue weighted by molar-refractivity contribution is 5.95. The molecule has 0 saturated carbocycles. The number of hydrogen-bond donors (Lipinski definition) is 1. The highest BCUT2D eigenvalue weighted by atomic mass is 16.2. The number of carbonyl (C=O) groups is 1. The first kappa shape index (κ1) is 14.1. The second-order valence-corrected chi connectivity index (χ2v) is 4.85. The average Bonchev–Trinajstić information content (AvgIpc) is 2.48. The Kier molecular flexibility index (Phi) is 4.77. The van der Waals surface area contributed by atoms with E-state index in [1.165, 1.54) is 5.56 Å². The minimum atomic E-state index is 0.0961. The van der Waals surface area contributed by atoms with E-state index >= 15 is 0 Å². The van der Waals surface area contributed by atoms with Gasteiger partial charge in [-0.25, -0.2) is 0 Å². The lowest BCUT2D eigenvalue weighted by Crippen LogP contribution is -2.26. The molecular formula is C17H20N2O. The Balaban J connectivity index is 1.87. The zero-order valence-corrected chi connectivity index (χ0v) is 11.8. The van der Waals surface area contributed by atoms with Gasteiger partial charge in [0.2, 0.25) is 5.91 Å². The van der Waals surface area contributed by atoms with Crippen molar-refractivity contribution in [1.29, 1.82) is 0 Å². The molecule has 0 saturated heterocycles. The van der Waals surface area contributed by atoms with Gasteiger partial charge < -0.3 is 10.6 Å². The maximum absolute atomic E-state index is 12.2. The topological polar surface area (TPSA) is 46.3 Å². The largest absolute Gasteiger partial charge is 0.397 e. The van der Waals surface area contributed by atoms with Crippen molar-refractivity contribution in [3.05, 3.63) is 60.2 Å². The molecule has 2 aromatic rings. The second-order valence-electron chi connectivity index (χ2n) is 4.85. The number of carbonyl (C=O) groups excluding carboxylic acids is 1. The van der Waals surface area contributed by atoms with Gasteiger partial charge in [0.1, 0.15) is 0 Å². The lowest BCUT2D eigenvalue weighted by Gasteiger charge is -2.19. The lowest BCUT2D eigenvalue weighted by molar-refractivity contribution is -0.118. The first-order valence-electron chi connectivity index (χ1n) is 6.83. The summed E-state index contributed by atoms with van der Waals surface area (Å²) in [6.45, 7) is 0. The van der Waals surface area contributed by atoms with E-state index in [0.29, 0.717) is 12.1 Å². The monoisotopic (exact) mass is 268 g/mol. The number of aryl methyl sites for hydroxylation is 1. The smallest absolute Gasteiger partial charge is 0.226 e. The Morgan fingerprint density at radius 2 is 1.70 bits per heavy atom. The molecule has 0 spiro atoms. The summed E-state index contributed by atoms with van der Waals surface area (Å²) in [6.07, 6.45) is 2.30. The van der Waals surface area contributed by atoms with Gasteiger partial charge in [0.05, 0.1) is 11.4 Å². The van der Waals surface area contributed by atoms with Gasteiger partial charge in [0, 0.05) is 13.5 Å². The van der Waals surface area contributed by atoms with Crippen LogP contribution in [0.1, 0.15) is 18.4 Å². The summed E-state index contributed by atoms with van der Waals surface area (Å²) in [6, 6.07) is 17.6. The van der Waals surface area contributed by atoms with Crippen molar-refractivity contribution in [2.75, 3.05) is 17.7 Å². The molecule has 0 atom stereocenters. The first-order chi connectivity index (χ1) is 9.68. The fourth-order valence-corrected chi connectivity index (χ4v) is 2.18. The molecule has 0 fully saturated rings. The molecule has 0 aromatic heterocycles.